The van der Waals surface area contributed by atoms with Crippen molar-refractivity contribution >= 4 is 0 Å². The number of nitrogens with zero attached hydrogens (tertiary/aromatic N) is 1. The van der Waals surface area contributed by atoms with Crippen LogP contribution in [0.1, 0.15) is 0 Å². The molecule has 0 saturated carbocycles. The van der Waals surface area contributed by atoms with Gasteiger partial charge in [0.2, 0.25) is 0 Å². The van der Waals surface area contributed by atoms with Gasteiger partial charge in [0.15, 0.2) is 0 Å². The summed E-state index contributed by atoms with van der Waals surface area (Å²) < 4.78 is 0. The Morgan fingerprint density at radius 3 is 2.43 bits per heavy atom. The third-order valence-electron chi connectivity index (χ3n) is 1.19. The Bertz CT molecular complexity index is 52.0. The lowest BCUT2D eigenvalue weighted by Crippen LogP contribution is -2.39. The lowest BCUT2D eigenvalue weighted by molar-refractivity contribution is 0.178. The van der Waals surface area contributed by atoms with E-state index in [4.69, 9.17) is 5.11 Å². The first-order valence-corrected chi connectivity index (χ1v) is 2.58. The molecular formula is C5H10NO+. The summed E-state index contributed by atoms with van der Waals surface area (Å²) in [6.45, 7) is 3.28. The van der Waals surface area contributed by atoms with Crippen LogP contribution in [-0.2, 0) is 0 Å². The molecule has 0 unspecified atom stereocenters. The molecule has 0 aromatic carbocycles. The minimum absolute atomic E-state index is 0.299. The van der Waals surface area contributed by atoms with Gasteiger partial charge in [-0.2, -0.15) is 0 Å². The van der Waals surface area contributed by atoms with Gasteiger partial charge in [-0.3, -0.25) is 0 Å². The molecule has 1 aliphatic rings. The number of hydrogen-bond acceptors (Lipinski definition) is 2. The highest BCUT2D eigenvalue weighted by atomic mass is 16.3. The Balaban J connectivity index is 1.93. The van der Waals surface area contributed by atoms with Gasteiger partial charge in [-0.15, -0.1) is 0 Å². The molecule has 1 heterocycles. The van der Waals surface area contributed by atoms with Crippen LogP contribution in [0.4, 0.5) is 0 Å². The van der Waals surface area contributed by atoms with Crippen LogP contribution >= 0.6 is 0 Å². The number of β-amino-alcohol motifs (C(OH)–C–C–N with tert-alkyl or cyclic N) is 1. The fourth-order valence-electron chi connectivity index (χ4n) is 0.636. The van der Waals surface area contributed by atoms with Crippen molar-refractivity contribution in [3.05, 3.63) is 6.42 Å². The lowest BCUT2D eigenvalue weighted by atomic mass is 10.2. The minimum Gasteiger partial charge on any atom is -0.395 e. The minimum atomic E-state index is 0.299. The third kappa shape index (κ3) is 1.08. The van der Waals surface area contributed by atoms with Crippen LogP contribution in [0.25, 0.3) is 0 Å². The fraction of sp³-hybridized carbons (Fsp3) is 0.800. The molecule has 1 saturated heterocycles. The predicted molar refractivity (Wildman–Crippen MR) is 27.8 cm³/mol. The van der Waals surface area contributed by atoms with Crippen molar-refractivity contribution in [2.24, 2.45) is 0 Å². The standard InChI is InChI=1S/C5H10NO/c7-5-4-6-2-1-3-6/h1,7H,2-5H2/q+1. The summed E-state index contributed by atoms with van der Waals surface area (Å²) in [7, 11) is 0. The lowest BCUT2D eigenvalue weighted by Gasteiger charge is -2.19. The van der Waals surface area contributed by atoms with Crippen LogP contribution in [0, 0.1) is 6.42 Å². The van der Waals surface area contributed by atoms with Gasteiger partial charge in [-0.05, 0) is 0 Å². The molecule has 1 aliphatic heterocycles. The Hall–Kier alpha value is -0.210. The number of aliphatic hydroxyl groups is 1. The van der Waals surface area contributed by atoms with Gasteiger partial charge in [0.25, 0.3) is 0 Å². The molecule has 0 spiro atoms. The molecule has 1 N–H and O–H groups in total. The summed E-state index contributed by atoms with van der Waals surface area (Å²) >= 11 is 0. The number of aliphatic hydroxyl groups excluding tert-OH is 1. The van der Waals surface area contributed by atoms with Crippen molar-refractivity contribution in [1.82, 2.24) is 4.90 Å². The van der Waals surface area contributed by atoms with E-state index in [2.05, 4.69) is 11.3 Å². The third-order valence-corrected chi connectivity index (χ3v) is 1.19. The zero-order chi connectivity index (χ0) is 5.11. The maximum Gasteiger partial charge on any atom is 0.146 e. The average molecular weight is 100 g/mol. The molecule has 0 amide bonds. The largest absolute Gasteiger partial charge is 0.395 e. The average Bonchev–Trinajstić information content (AvgIpc) is 1.55. The number of likely N-dealkylation sites (tertiary alicyclic amines) is 1. The van der Waals surface area contributed by atoms with E-state index in [9.17, 15) is 0 Å². The quantitative estimate of drug-likeness (QED) is 0.473. The second kappa shape index (κ2) is 2.19. The molecular weight excluding hydrogens is 90.1 g/mol. The van der Waals surface area contributed by atoms with E-state index in [1.165, 1.54) is 0 Å². The molecule has 0 bridgehead atoms. The van der Waals surface area contributed by atoms with Gasteiger partial charge in [0.05, 0.1) is 6.61 Å². The summed E-state index contributed by atoms with van der Waals surface area (Å²) in [6, 6.07) is 0. The molecule has 40 valence electrons. The van der Waals surface area contributed by atoms with Crippen molar-refractivity contribution in [1.29, 1.82) is 0 Å². The zero-order valence-electron chi connectivity index (χ0n) is 4.30. The highest BCUT2D eigenvalue weighted by molar-refractivity contribution is 4.85. The molecule has 1 rings (SSSR count). The van der Waals surface area contributed by atoms with Crippen molar-refractivity contribution in [2.45, 2.75) is 0 Å². The molecule has 7 heavy (non-hydrogen) atoms. The molecule has 0 radical (unpaired) electrons. The smallest absolute Gasteiger partial charge is 0.146 e. The summed E-state index contributed by atoms with van der Waals surface area (Å²) in [5.41, 5.74) is 0. The summed E-state index contributed by atoms with van der Waals surface area (Å²) in [6.07, 6.45) is 2.19. The number of hydrogen-bond donors (Lipinski definition) is 1. The van der Waals surface area contributed by atoms with Gasteiger partial charge in [-0.25, -0.2) is 4.90 Å². The highest BCUT2D eigenvalue weighted by Gasteiger charge is 2.21. The van der Waals surface area contributed by atoms with Crippen molar-refractivity contribution in [3.8, 4) is 0 Å². The van der Waals surface area contributed by atoms with E-state index in [-0.39, 0.29) is 0 Å². The molecule has 0 aromatic heterocycles. The molecule has 2 heteroatoms. The van der Waals surface area contributed by atoms with Gasteiger partial charge in [-0.1, -0.05) is 0 Å². The Labute approximate surface area is 43.7 Å². The normalized spacial score (nSPS) is 20.7. The fourth-order valence-corrected chi connectivity index (χ4v) is 0.636. The number of rotatable bonds is 2. The van der Waals surface area contributed by atoms with Crippen LogP contribution in [0.2, 0.25) is 0 Å². The summed E-state index contributed by atoms with van der Waals surface area (Å²) in [5.74, 6) is 0. The van der Waals surface area contributed by atoms with Crippen LogP contribution in [-0.4, -0.2) is 36.2 Å². The van der Waals surface area contributed by atoms with E-state index in [1.54, 1.807) is 0 Å². The van der Waals surface area contributed by atoms with E-state index in [1.807, 2.05) is 0 Å². The first-order valence-electron chi connectivity index (χ1n) is 2.58. The SMILES string of the molecule is OCCN1C[CH+]C1. The van der Waals surface area contributed by atoms with E-state index >= 15 is 0 Å². The first kappa shape index (κ1) is 4.94. The predicted octanol–water partition coefficient (Wildman–Crippen LogP) is -0.501. The molecule has 1 fully saturated rings. The highest BCUT2D eigenvalue weighted by Crippen LogP contribution is 2.01. The van der Waals surface area contributed by atoms with Gasteiger partial charge in [0.1, 0.15) is 19.5 Å². The first-order chi connectivity index (χ1) is 3.43. The van der Waals surface area contributed by atoms with E-state index in [0.717, 1.165) is 19.6 Å². The van der Waals surface area contributed by atoms with Crippen molar-refractivity contribution < 1.29 is 5.11 Å². The van der Waals surface area contributed by atoms with Crippen LogP contribution in [0.3, 0.4) is 0 Å². The molecule has 0 atom stereocenters. The maximum absolute atomic E-state index is 8.35. The van der Waals surface area contributed by atoms with Crippen molar-refractivity contribution in [3.63, 3.8) is 0 Å². The molecule has 2 nitrogen and oxygen atoms in total. The van der Waals surface area contributed by atoms with Crippen LogP contribution < -0.4 is 0 Å². The summed E-state index contributed by atoms with van der Waals surface area (Å²) in [4.78, 5) is 2.18. The second-order valence-electron chi connectivity index (χ2n) is 1.77. The van der Waals surface area contributed by atoms with Crippen LogP contribution in [0.15, 0.2) is 0 Å². The topological polar surface area (TPSA) is 23.5 Å². The Kier molecular flexibility index (Phi) is 1.54. The van der Waals surface area contributed by atoms with E-state index in [0.29, 0.717) is 6.61 Å². The Morgan fingerprint density at radius 2 is 2.29 bits per heavy atom. The zero-order valence-corrected chi connectivity index (χ0v) is 4.30. The molecule has 0 aromatic rings. The van der Waals surface area contributed by atoms with Crippen molar-refractivity contribution in [2.75, 3.05) is 26.2 Å². The maximum atomic E-state index is 8.35. The van der Waals surface area contributed by atoms with Gasteiger partial charge in [0, 0.05) is 6.54 Å². The Morgan fingerprint density at radius 1 is 1.57 bits per heavy atom. The monoisotopic (exact) mass is 100 g/mol. The second-order valence-corrected chi connectivity index (χ2v) is 1.77. The van der Waals surface area contributed by atoms with Crippen LogP contribution in [0.5, 0.6) is 0 Å². The van der Waals surface area contributed by atoms with Gasteiger partial charge >= 0.3 is 0 Å². The van der Waals surface area contributed by atoms with Gasteiger partial charge < -0.3 is 5.11 Å². The van der Waals surface area contributed by atoms with E-state index < -0.39 is 0 Å². The summed E-state index contributed by atoms with van der Waals surface area (Å²) in [5, 5.41) is 8.35. The molecule has 0 aliphatic carbocycles.